The lowest BCUT2D eigenvalue weighted by atomic mass is 10.2. The highest BCUT2D eigenvalue weighted by Crippen LogP contribution is 2.23. The van der Waals surface area contributed by atoms with Crippen LogP contribution in [0, 0.1) is 16.1 Å². The molecule has 6 heteroatoms. The van der Waals surface area contributed by atoms with Gasteiger partial charge < -0.3 is 9.55 Å². The normalized spacial score (nSPS) is 10.7. The summed E-state index contributed by atoms with van der Waals surface area (Å²) in [5.74, 6) is 0. The summed E-state index contributed by atoms with van der Waals surface area (Å²) in [6.45, 7) is 0.712. The average Bonchev–Trinajstić information content (AvgIpc) is 2.94. The van der Waals surface area contributed by atoms with Crippen LogP contribution in [0.4, 0.5) is 0 Å². The van der Waals surface area contributed by atoms with Crippen molar-refractivity contribution in [1.82, 2.24) is 9.55 Å². The highest BCUT2D eigenvalue weighted by Gasteiger charge is 2.07. The van der Waals surface area contributed by atoms with E-state index in [4.69, 9.17) is 17.5 Å². The van der Waals surface area contributed by atoms with Crippen molar-refractivity contribution < 1.29 is 0 Å². The molecule has 0 aliphatic rings. The van der Waals surface area contributed by atoms with E-state index in [0.717, 1.165) is 15.5 Å². The van der Waals surface area contributed by atoms with Crippen molar-refractivity contribution in [3.05, 3.63) is 49.3 Å². The number of fused-ring (bicyclic) bond motifs is 1. The van der Waals surface area contributed by atoms with E-state index in [1.807, 2.05) is 16.7 Å². The monoisotopic (exact) mass is 349 g/mol. The fraction of sp³-hybridized carbons (Fsp3) is 0.0769. The van der Waals surface area contributed by atoms with Gasteiger partial charge in [-0.2, -0.15) is 5.26 Å². The van der Waals surface area contributed by atoms with Gasteiger partial charge in [-0.15, -0.1) is 11.3 Å². The van der Waals surface area contributed by atoms with Gasteiger partial charge in [0, 0.05) is 14.7 Å². The zero-order valence-electron chi connectivity index (χ0n) is 9.68. The first kappa shape index (κ1) is 12.6. The Morgan fingerprint density at radius 2 is 2.26 bits per heavy atom. The van der Waals surface area contributed by atoms with Gasteiger partial charge in [-0.1, -0.05) is 0 Å². The molecule has 0 saturated carbocycles. The number of benzene rings is 1. The summed E-state index contributed by atoms with van der Waals surface area (Å²) in [5, 5.41) is 11.0. The quantitative estimate of drug-likeness (QED) is 0.695. The molecule has 2 heterocycles. The molecule has 0 atom stereocenters. The predicted octanol–water partition coefficient (Wildman–Crippen LogP) is 4.44. The molecule has 0 amide bonds. The largest absolute Gasteiger partial charge is 0.331 e. The van der Waals surface area contributed by atoms with E-state index < -0.39 is 0 Å². The summed E-state index contributed by atoms with van der Waals surface area (Å²) in [6.07, 6.45) is 0. The van der Waals surface area contributed by atoms with Crippen molar-refractivity contribution in [3.8, 4) is 6.07 Å². The molecule has 0 aliphatic carbocycles. The molecule has 0 aliphatic heterocycles. The summed E-state index contributed by atoms with van der Waals surface area (Å²) < 4.78 is 3.77. The maximum Gasteiger partial charge on any atom is 0.178 e. The fourth-order valence-electron chi connectivity index (χ4n) is 1.97. The van der Waals surface area contributed by atoms with Crippen LogP contribution in [0.3, 0.4) is 0 Å². The van der Waals surface area contributed by atoms with E-state index in [2.05, 4.69) is 38.4 Å². The summed E-state index contributed by atoms with van der Waals surface area (Å²) >= 11 is 10.5. The number of aromatic amines is 1. The smallest absolute Gasteiger partial charge is 0.178 e. The van der Waals surface area contributed by atoms with Gasteiger partial charge in [0.2, 0.25) is 0 Å². The Labute approximate surface area is 127 Å². The van der Waals surface area contributed by atoms with Crippen molar-refractivity contribution in [2.75, 3.05) is 0 Å². The Balaban J connectivity index is 2.14. The predicted molar refractivity (Wildman–Crippen MR) is 83.0 cm³/mol. The molecule has 94 valence electrons. The zero-order chi connectivity index (χ0) is 13.4. The van der Waals surface area contributed by atoms with Crippen LogP contribution >= 0.6 is 39.5 Å². The number of nitriles is 1. The number of nitrogens with one attached hydrogen (secondary N) is 1. The van der Waals surface area contributed by atoms with E-state index in [1.165, 1.54) is 4.88 Å². The van der Waals surface area contributed by atoms with Gasteiger partial charge >= 0.3 is 0 Å². The first-order valence-electron chi connectivity index (χ1n) is 5.53. The minimum atomic E-state index is 0.641. The van der Waals surface area contributed by atoms with E-state index in [0.29, 0.717) is 16.9 Å². The molecule has 0 unspecified atom stereocenters. The number of hydrogen-bond acceptors (Lipinski definition) is 3. The van der Waals surface area contributed by atoms with Crippen molar-refractivity contribution in [2.24, 2.45) is 0 Å². The number of imidazole rings is 1. The van der Waals surface area contributed by atoms with Crippen molar-refractivity contribution in [3.63, 3.8) is 0 Å². The number of rotatable bonds is 2. The lowest BCUT2D eigenvalue weighted by Gasteiger charge is -2.02. The number of aromatic nitrogens is 2. The van der Waals surface area contributed by atoms with Gasteiger partial charge in [0.15, 0.2) is 4.77 Å². The number of thiophene rings is 1. The maximum atomic E-state index is 8.99. The Kier molecular flexibility index (Phi) is 3.27. The van der Waals surface area contributed by atoms with E-state index in [9.17, 15) is 0 Å². The first-order valence-corrected chi connectivity index (χ1v) is 7.61. The van der Waals surface area contributed by atoms with Gasteiger partial charge in [-0.25, -0.2) is 0 Å². The topological polar surface area (TPSA) is 44.5 Å². The SMILES string of the molecule is N#Cc1ccc2[nH]c(=S)n(Cc3cc(Br)cs3)c2c1. The number of halogens is 1. The van der Waals surface area contributed by atoms with E-state index >= 15 is 0 Å². The minimum Gasteiger partial charge on any atom is -0.331 e. The third-order valence-electron chi connectivity index (χ3n) is 2.84. The molecule has 2 aromatic heterocycles. The van der Waals surface area contributed by atoms with E-state index in [-0.39, 0.29) is 0 Å². The Morgan fingerprint density at radius 1 is 1.42 bits per heavy atom. The van der Waals surface area contributed by atoms with E-state index in [1.54, 1.807) is 17.4 Å². The third kappa shape index (κ3) is 2.37. The Hall–Kier alpha value is -1.42. The van der Waals surface area contributed by atoms with Gasteiger partial charge in [-0.05, 0) is 52.4 Å². The van der Waals surface area contributed by atoms with Gasteiger partial charge in [-0.3, -0.25) is 0 Å². The van der Waals surface area contributed by atoms with Crippen molar-refractivity contribution in [1.29, 1.82) is 5.26 Å². The highest BCUT2D eigenvalue weighted by atomic mass is 79.9. The number of hydrogen-bond donors (Lipinski definition) is 1. The minimum absolute atomic E-state index is 0.641. The second-order valence-electron chi connectivity index (χ2n) is 4.09. The van der Waals surface area contributed by atoms with Crippen LogP contribution in [0.5, 0.6) is 0 Å². The maximum absolute atomic E-state index is 8.99. The van der Waals surface area contributed by atoms with Crippen molar-refractivity contribution in [2.45, 2.75) is 6.54 Å². The van der Waals surface area contributed by atoms with Gasteiger partial charge in [0.25, 0.3) is 0 Å². The second kappa shape index (κ2) is 4.93. The van der Waals surface area contributed by atoms with Gasteiger partial charge in [0.05, 0.1) is 29.2 Å². The molecule has 0 saturated heterocycles. The third-order valence-corrected chi connectivity index (χ3v) is 4.84. The summed E-state index contributed by atoms with van der Waals surface area (Å²) in [4.78, 5) is 4.38. The van der Waals surface area contributed by atoms with Crippen LogP contribution in [0.2, 0.25) is 0 Å². The molecule has 1 aromatic carbocycles. The van der Waals surface area contributed by atoms with Crippen LogP contribution in [-0.4, -0.2) is 9.55 Å². The fourth-order valence-corrected chi connectivity index (χ4v) is 3.68. The standard InChI is InChI=1S/C13H8BrN3S2/c14-9-4-10(19-7-9)6-17-12-3-8(5-15)1-2-11(12)16-13(17)18/h1-4,7H,6H2,(H,16,18). The molecular formula is C13H8BrN3S2. The van der Waals surface area contributed by atoms with Gasteiger partial charge in [0.1, 0.15) is 0 Å². The molecule has 19 heavy (non-hydrogen) atoms. The molecule has 0 spiro atoms. The van der Waals surface area contributed by atoms with Crippen LogP contribution in [-0.2, 0) is 6.54 Å². The lowest BCUT2D eigenvalue weighted by molar-refractivity contribution is 0.823. The molecular weight excluding hydrogens is 342 g/mol. The Bertz CT molecular complexity index is 851. The summed E-state index contributed by atoms with van der Waals surface area (Å²) in [5.41, 5.74) is 2.57. The molecule has 3 nitrogen and oxygen atoms in total. The Morgan fingerprint density at radius 3 is 2.95 bits per heavy atom. The average molecular weight is 350 g/mol. The van der Waals surface area contributed by atoms with Crippen LogP contribution in [0.15, 0.2) is 34.1 Å². The molecule has 3 aromatic rings. The second-order valence-corrected chi connectivity index (χ2v) is 6.39. The first-order chi connectivity index (χ1) is 9.17. The molecule has 3 rings (SSSR count). The molecule has 0 radical (unpaired) electrons. The lowest BCUT2D eigenvalue weighted by Crippen LogP contribution is -1.97. The summed E-state index contributed by atoms with van der Waals surface area (Å²) in [6, 6.07) is 9.79. The van der Waals surface area contributed by atoms with Crippen LogP contribution in [0.1, 0.15) is 10.4 Å². The number of nitrogens with zero attached hydrogens (tertiary/aromatic N) is 2. The highest BCUT2D eigenvalue weighted by molar-refractivity contribution is 9.10. The zero-order valence-corrected chi connectivity index (χ0v) is 12.9. The van der Waals surface area contributed by atoms with Crippen molar-refractivity contribution >= 4 is 50.5 Å². The van der Waals surface area contributed by atoms with Crippen LogP contribution in [0.25, 0.3) is 11.0 Å². The summed E-state index contributed by atoms with van der Waals surface area (Å²) in [7, 11) is 0. The molecule has 0 bridgehead atoms. The van der Waals surface area contributed by atoms with Crippen LogP contribution < -0.4 is 0 Å². The molecule has 0 fully saturated rings. The molecule has 1 N–H and O–H groups in total. The number of H-pyrrole nitrogens is 1.